The number of likely N-dealkylation sites (N-methyl/N-ethyl adjacent to an activating group) is 1. The average molecular weight is 534 g/mol. The van der Waals surface area contributed by atoms with Crippen molar-refractivity contribution < 1.29 is 4.79 Å². The van der Waals surface area contributed by atoms with Crippen LogP contribution in [0.3, 0.4) is 0 Å². The molecular weight excluding hydrogens is 492 g/mol. The number of urea groups is 1. The Labute approximate surface area is 209 Å². The number of nitrogens with one attached hydrogen (secondary N) is 1. The number of aromatic nitrogens is 1. The van der Waals surface area contributed by atoms with E-state index in [0.717, 1.165) is 32.5 Å². The van der Waals surface area contributed by atoms with Gasteiger partial charge in [-0.1, -0.05) is 46.0 Å². The number of hydrogen-bond acceptors (Lipinski definition) is 2. The zero-order valence-corrected chi connectivity index (χ0v) is 24.2. The summed E-state index contributed by atoms with van der Waals surface area (Å²) >= 11 is 4.08. The molecule has 1 N–H and O–H groups in total. The summed E-state index contributed by atoms with van der Waals surface area (Å²) in [5.74, 6) is 0.434. The number of likely N-dealkylation sites (tertiary alicyclic amines) is 1. The SMILES string of the molecule is CCN(CC)C(=O)N[C@@H]1CC2c3cccc4c3c(c(Br)n4[Si](C)(C)C(C)(C)C)C[C@H]2N(C)C1. The summed E-state index contributed by atoms with van der Waals surface area (Å²) in [7, 11) is 0.424. The number of hydrogen-bond donors (Lipinski definition) is 1. The Morgan fingerprint density at radius 1 is 1.24 bits per heavy atom. The number of nitrogens with zero attached hydrogens (tertiary/aromatic N) is 3. The Balaban J connectivity index is 1.76. The number of fused-ring (bicyclic) bond motifs is 2. The van der Waals surface area contributed by atoms with E-state index in [4.69, 9.17) is 0 Å². The fourth-order valence-corrected chi connectivity index (χ4v) is 9.81. The molecule has 1 fully saturated rings. The van der Waals surface area contributed by atoms with Crippen LogP contribution in [0.2, 0.25) is 18.1 Å². The van der Waals surface area contributed by atoms with Crippen LogP contribution in [0.25, 0.3) is 10.9 Å². The Kier molecular flexibility index (Phi) is 6.55. The van der Waals surface area contributed by atoms with Crippen molar-refractivity contribution in [3.05, 3.63) is 33.9 Å². The molecule has 4 rings (SSSR count). The van der Waals surface area contributed by atoms with Gasteiger partial charge >= 0.3 is 6.03 Å². The van der Waals surface area contributed by atoms with E-state index in [1.54, 1.807) is 0 Å². The lowest BCUT2D eigenvalue weighted by molar-refractivity contribution is 0.124. The molecule has 1 saturated heterocycles. The van der Waals surface area contributed by atoms with Crippen LogP contribution in [-0.2, 0) is 6.42 Å². The summed E-state index contributed by atoms with van der Waals surface area (Å²) in [5.41, 5.74) is 4.33. The van der Waals surface area contributed by atoms with Crippen LogP contribution >= 0.6 is 15.9 Å². The van der Waals surface area contributed by atoms with Crippen molar-refractivity contribution in [2.24, 2.45) is 0 Å². The van der Waals surface area contributed by atoms with Gasteiger partial charge in [-0.3, -0.25) is 0 Å². The maximum Gasteiger partial charge on any atom is 0.317 e. The minimum absolute atomic E-state index is 0.0679. The third-order valence-corrected chi connectivity index (χ3v) is 15.1. The fraction of sp³-hybridized carbons (Fsp3) is 0.654. The van der Waals surface area contributed by atoms with Gasteiger partial charge in [0, 0.05) is 48.5 Å². The molecule has 2 heterocycles. The molecule has 2 aromatic rings. The van der Waals surface area contributed by atoms with Crippen LogP contribution in [0, 0.1) is 0 Å². The van der Waals surface area contributed by atoms with Crippen LogP contribution in [0.5, 0.6) is 0 Å². The van der Waals surface area contributed by atoms with E-state index in [2.05, 4.69) is 89.5 Å². The van der Waals surface area contributed by atoms with Gasteiger partial charge in [-0.15, -0.1) is 0 Å². The molecule has 182 valence electrons. The number of piperidine rings is 1. The predicted molar refractivity (Wildman–Crippen MR) is 145 cm³/mol. The first-order chi connectivity index (χ1) is 15.4. The van der Waals surface area contributed by atoms with Gasteiger partial charge in [0.05, 0.1) is 4.60 Å². The third kappa shape index (κ3) is 3.98. The summed E-state index contributed by atoms with van der Waals surface area (Å²) in [6.07, 6.45) is 2.07. The minimum atomic E-state index is -1.81. The van der Waals surface area contributed by atoms with Crippen molar-refractivity contribution in [1.82, 2.24) is 19.3 Å². The predicted octanol–water partition coefficient (Wildman–Crippen LogP) is 6.02. The average Bonchev–Trinajstić information content (AvgIpc) is 3.02. The van der Waals surface area contributed by atoms with Crippen LogP contribution in [0.15, 0.2) is 22.8 Å². The van der Waals surface area contributed by atoms with E-state index in [1.165, 1.54) is 26.6 Å². The topological polar surface area (TPSA) is 40.5 Å². The summed E-state index contributed by atoms with van der Waals surface area (Å²) in [4.78, 5) is 17.1. The third-order valence-electron chi connectivity index (χ3n) is 8.73. The van der Waals surface area contributed by atoms with Crippen molar-refractivity contribution in [3.63, 3.8) is 0 Å². The molecule has 0 spiro atoms. The summed E-state index contributed by atoms with van der Waals surface area (Å²) in [6.45, 7) is 18.6. The second-order valence-corrected chi connectivity index (χ2v) is 17.3. The van der Waals surface area contributed by atoms with Gasteiger partial charge in [-0.05, 0) is 71.9 Å². The summed E-state index contributed by atoms with van der Waals surface area (Å²) < 4.78 is 3.96. The lowest BCUT2D eigenvalue weighted by Crippen LogP contribution is -2.56. The lowest BCUT2D eigenvalue weighted by Gasteiger charge is -2.46. The molecule has 2 amide bonds. The minimum Gasteiger partial charge on any atom is -0.362 e. The molecule has 0 bridgehead atoms. The molecule has 1 aromatic carbocycles. The molecule has 5 nitrogen and oxygen atoms in total. The van der Waals surface area contributed by atoms with Gasteiger partial charge in [0.25, 0.3) is 0 Å². The zero-order chi connectivity index (χ0) is 24.3. The number of amides is 2. The van der Waals surface area contributed by atoms with Gasteiger partial charge in [0.15, 0.2) is 8.24 Å². The van der Waals surface area contributed by atoms with E-state index >= 15 is 0 Å². The molecule has 1 aliphatic heterocycles. The van der Waals surface area contributed by atoms with Crippen molar-refractivity contribution in [1.29, 1.82) is 0 Å². The van der Waals surface area contributed by atoms with E-state index in [9.17, 15) is 4.79 Å². The van der Waals surface area contributed by atoms with Crippen molar-refractivity contribution in [2.45, 2.75) is 83.6 Å². The monoisotopic (exact) mass is 532 g/mol. The van der Waals surface area contributed by atoms with Gasteiger partial charge in [0.2, 0.25) is 0 Å². The smallest absolute Gasteiger partial charge is 0.317 e. The Hall–Kier alpha value is -1.31. The fourth-order valence-electron chi connectivity index (χ4n) is 5.84. The second kappa shape index (κ2) is 8.72. The van der Waals surface area contributed by atoms with E-state index in [0.29, 0.717) is 12.0 Å². The normalized spacial score (nSPS) is 23.5. The highest BCUT2D eigenvalue weighted by molar-refractivity contribution is 9.10. The molecule has 1 aliphatic carbocycles. The van der Waals surface area contributed by atoms with Crippen LogP contribution in [0.1, 0.15) is 58.1 Å². The molecule has 0 radical (unpaired) electrons. The highest BCUT2D eigenvalue weighted by Crippen LogP contribution is 2.49. The van der Waals surface area contributed by atoms with Crippen molar-refractivity contribution in [2.75, 3.05) is 26.7 Å². The first-order valence-corrected chi connectivity index (χ1v) is 16.2. The van der Waals surface area contributed by atoms with E-state index < -0.39 is 8.24 Å². The van der Waals surface area contributed by atoms with E-state index in [-0.39, 0.29) is 17.1 Å². The zero-order valence-electron chi connectivity index (χ0n) is 21.6. The van der Waals surface area contributed by atoms with E-state index in [1.807, 2.05) is 18.7 Å². The lowest BCUT2D eigenvalue weighted by atomic mass is 9.74. The van der Waals surface area contributed by atoms with Gasteiger partial charge in [-0.2, -0.15) is 0 Å². The van der Waals surface area contributed by atoms with Gasteiger partial charge in [0.1, 0.15) is 0 Å². The number of rotatable bonds is 4. The second-order valence-electron chi connectivity index (χ2n) is 11.5. The first kappa shape index (κ1) is 24.8. The van der Waals surface area contributed by atoms with Crippen molar-refractivity contribution >= 4 is 41.1 Å². The molecule has 1 unspecified atom stereocenters. The van der Waals surface area contributed by atoms with Gasteiger partial charge < -0.3 is 19.3 Å². The molecule has 7 heteroatoms. The molecular formula is C26H41BrN4OSi. The standard InChI is InChI=1S/C26H41BrN4OSi/c1-9-30(10-2)25(32)28-17-14-19-18-12-11-13-21-23(18)20(15-22(19)29(6)16-17)24(27)31(21)33(7,8)26(3,4)5/h11-13,17,19,22H,9-10,14-16H2,1-8H3,(H,28,32)/t17-,19?,22-/m1/s1. The molecule has 2 aliphatic rings. The molecule has 33 heavy (non-hydrogen) atoms. The summed E-state index contributed by atoms with van der Waals surface area (Å²) in [5, 5.41) is 5.04. The number of halogens is 1. The number of benzene rings is 1. The first-order valence-electron chi connectivity index (χ1n) is 12.5. The van der Waals surface area contributed by atoms with Gasteiger partial charge in [-0.25, -0.2) is 4.79 Å². The van der Waals surface area contributed by atoms with Crippen LogP contribution in [-0.4, -0.2) is 67.1 Å². The van der Waals surface area contributed by atoms with Crippen molar-refractivity contribution in [3.8, 4) is 0 Å². The quantitative estimate of drug-likeness (QED) is 0.489. The van der Waals surface area contributed by atoms with Crippen LogP contribution < -0.4 is 5.32 Å². The number of carbonyl (C=O) groups is 1. The Morgan fingerprint density at radius 2 is 1.91 bits per heavy atom. The maximum absolute atomic E-state index is 12.8. The highest BCUT2D eigenvalue weighted by atomic mass is 79.9. The Bertz CT molecular complexity index is 1050. The molecule has 0 saturated carbocycles. The Morgan fingerprint density at radius 3 is 2.52 bits per heavy atom. The largest absolute Gasteiger partial charge is 0.362 e. The summed E-state index contributed by atoms with van der Waals surface area (Å²) in [6, 6.07) is 7.62. The highest BCUT2D eigenvalue weighted by Gasteiger charge is 2.45. The van der Waals surface area contributed by atoms with Crippen LogP contribution in [0.4, 0.5) is 4.79 Å². The molecule has 1 aromatic heterocycles. The maximum atomic E-state index is 12.8. The molecule has 3 atom stereocenters. The number of carbonyl (C=O) groups excluding carboxylic acids is 1.